The van der Waals surface area contributed by atoms with Crippen molar-refractivity contribution >= 4 is 13.7 Å². The Bertz CT molecular complexity index is 1200. The molecule has 348 valence electrons. The molecule has 0 aliphatic carbocycles. The molecule has 0 spiro atoms. The van der Waals surface area contributed by atoms with E-state index in [0.29, 0.717) is 17.4 Å². The Kier molecular flexibility index (Phi) is 40.8. The predicted molar refractivity (Wildman–Crippen MR) is 258 cm³/mol. The lowest BCUT2D eigenvalue weighted by molar-refractivity contribution is -0.870. The van der Waals surface area contributed by atoms with Crippen molar-refractivity contribution in [3.05, 3.63) is 72.9 Å². The van der Waals surface area contributed by atoms with Crippen molar-refractivity contribution < 1.29 is 32.9 Å². The number of unbranched alkanes of at least 4 members (excludes halogenated alkanes) is 20. The van der Waals surface area contributed by atoms with Gasteiger partial charge >= 0.3 is 7.82 Å². The Morgan fingerprint density at radius 2 is 0.967 bits per heavy atom. The Hall–Kier alpha value is -2.06. The molecule has 0 fully saturated rings. The molecule has 3 unspecified atom stereocenters. The third-order valence-corrected chi connectivity index (χ3v) is 11.4. The molecule has 8 nitrogen and oxygen atoms in total. The summed E-state index contributed by atoms with van der Waals surface area (Å²) in [5.41, 5.74) is 0. The van der Waals surface area contributed by atoms with Gasteiger partial charge in [-0.15, -0.1) is 0 Å². The fourth-order valence-electron chi connectivity index (χ4n) is 6.49. The number of hydrogen-bond donors (Lipinski definition) is 3. The first kappa shape index (κ1) is 57.9. The molecule has 0 heterocycles. The number of nitrogens with one attached hydrogen (secondary N) is 1. The van der Waals surface area contributed by atoms with Crippen LogP contribution in [0.1, 0.15) is 194 Å². The van der Waals surface area contributed by atoms with E-state index in [2.05, 4.69) is 79.9 Å². The van der Waals surface area contributed by atoms with Crippen molar-refractivity contribution in [2.24, 2.45) is 0 Å². The quantitative estimate of drug-likeness (QED) is 0.0244. The number of carbonyl (C=O) groups is 1. The van der Waals surface area contributed by atoms with Gasteiger partial charge in [-0.2, -0.15) is 0 Å². The SMILES string of the molecule is CCCCCCC/C=C\C/C=C\C/C=C\CCCCCCCCC(=O)NC(COP(=O)(O)OCC[N+](C)(C)C)C(O)/C=C/CC/C=C/CC/C=C/CCCCCCCCC. The first-order valence-electron chi connectivity index (χ1n) is 24.3. The van der Waals surface area contributed by atoms with Gasteiger partial charge in [0.25, 0.3) is 0 Å². The smallest absolute Gasteiger partial charge is 0.387 e. The maximum absolute atomic E-state index is 12.9. The van der Waals surface area contributed by atoms with Crippen LogP contribution in [0.15, 0.2) is 72.9 Å². The van der Waals surface area contributed by atoms with E-state index in [4.69, 9.17) is 9.05 Å². The molecule has 0 bridgehead atoms. The second-order valence-corrected chi connectivity index (χ2v) is 18.9. The molecule has 0 aliphatic rings. The molecule has 1 amide bonds. The monoisotopic (exact) mass is 862 g/mol. The lowest BCUT2D eigenvalue weighted by atomic mass is 10.1. The molecule has 0 aromatic rings. The van der Waals surface area contributed by atoms with Crippen molar-refractivity contribution in [1.29, 1.82) is 0 Å². The Labute approximate surface area is 370 Å². The van der Waals surface area contributed by atoms with E-state index >= 15 is 0 Å². The van der Waals surface area contributed by atoms with Crippen LogP contribution in [0.2, 0.25) is 0 Å². The first-order chi connectivity index (χ1) is 29.0. The van der Waals surface area contributed by atoms with E-state index in [0.717, 1.165) is 70.6 Å². The van der Waals surface area contributed by atoms with Crippen LogP contribution in [0.4, 0.5) is 0 Å². The van der Waals surface area contributed by atoms with Crippen molar-refractivity contribution in [2.75, 3.05) is 40.9 Å². The average molecular weight is 862 g/mol. The highest BCUT2D eigenvalue weighted by Gasteiger charge is 2.27. The number of likely N-dealkylation sites (N-methyl/N-ethyl adjacent to an activating group) is 1. The number of amides is 1. The van der Waals surface area contributed by atoms with E-state index in [1.54, 1.807) is 6.08 Å². The lowest BCUT2D eigenvalue weighted by Crippen LogP contribution is -2.45. The molecule has 0 rings (SSSR count). The molecule has 0 aromatic heterocycles. The van der Waals surface area contributed by atoms with Gasteiger partial charge in [0.05, 0.1) is 39.9 Å². The Morgan fingerprint density at radius 3 is 1.45 bits per heavy atom. The van der Waals surface area contributed by atoms with Gasteiger partial charge in [0.2, 0.25) is 5.91 Å². The van der Waals surface area contributed by atoms with Crippen LogP contribution in [-0.4, -0.2) is 73.4 Å². The number of rotatable bonds is 43. The molecule has 9 heteroatoms. The minimum absolute atomic E-state index is 0.0474. The fraction of sp³-hybridized carbons (Fsp3) is 0.745. The predicted octanol–water partition coefficient (Wildman–Crippen LogP) is 14.0. The minimum atomic E-state index is -4.36. The maximum Gasteiger partial charge on any atom is 0.472 e. The summed E-state index contributed by atoms with van der Waals surface area (Å²) >= 11 is 0. The third kappa shape index (κ3) is 44.0. The second-order valence-electron chi connectivity index (χ2n) is 17.5. The zero-order valence-corrected chi connectivity index (χ0v) is 40.3. The normalized spacial score (nSPS) is 14.8. The summed E-state index contributed by atoms with van der Waals surface area (Å²) in [5, 5.41) is 13.8. The summed E-state index contributed by atoms with van der Waals surface area (Å²) in [6, 6.07) is -0.880. The molecular weight excluding hydrogens is 768 g/mol. The third-order valence-electron chi connectivity index (χ3n) is 10.4. The van der Waals surface area contributed by atoms with Gasteiger partial charge in [-0.05, 0) is 83.5 Å². The van der Waals surface area contributed by atoms with E-state index in [-0.39, 0.29) is 19.1 Å². The van der Waals surface area contributed by atoms with Gasteiger partial charge in [0, 0.05) is 6.42 Å². The summed E-state index contributed by atoms with van der Waals surface area (Å²) in [4.78, 5) is 23.2. The molecule has 0 saturated heterocycles. The lowest BCUT2D eigenvalue weighted by Gasteiger charge is -2.25. The summed E-state index contributed by atoms with van der Waals surface area (Å²) in [6.07, 6.45) is 56.9. The first-order valence-corrected chi connectivity index (χ1v) is 25.8. The van der Waals surface area contributed by atoms with Crippen LogP contribution in [0.25, 0.3) is 0 Å². The molecule has 0 saturated carbocycles. The van der Waals surface area contributed by atoms with Crippen molar-refractivity contribution in [3.8, 4) is 0 Å². The summed E-state index contributed by atoms with van der Waals surface area (Å²) in [6.45, 7) is 4.74. The van der Waals surface area contributed by atoms with Gasteiger partial charge in [-0.25, -0.2) is 4.57 Å². The Balaban J connectivity index is 4.47. The van der Waals surface area contributed by atoms with Crippen LogP contribution in [0, 0.1) is 0 Å². The van der Waals surface area contributed by atoms with Crippen LogP contribution in [0.3, 0.4) is 0 Å². The zero-order valence-electron chi connectivity index (χ0n) is 39.4. The molecule has 0 aliphatic heterocycles. The van der Waals surface area contributed by atoms with Gasteiger partial charge < -0.3 is 19.8 Å². The number of carbonyl (C=O) groups excluding carboxylic acids is 1. The number of aliphatic hydroxyl groups is 1. The number of quaternary nitrogens is 1. The zero-order chi connectivity index (χ0) is 44.3. The van der Waals surface area contributed by atoms with Gasteiger partial charge in [0.15, 0.2) is 0 Å². The number of hydrogen-bond acceptors (Lipinski definition) is 5. The molecule has 3 N–H and O–H groups in total. The highest BCUT2D eigenvalue weighted by molar-refractivity contribution is 7.47. The van der Waals surface area contributed by atoms with Crippen LogP contribution >= 0.6 is 7.82 Å². The number of nitrogens with zero attached hydrogens (tertiary/aromatic N) is 1. The number of phosphoric ester groups is 1. The fourth-order valence-corrected chi connectivity index (χ4v) is 7.23. The summed E-state index contributed by atoms with van der Waals surface area (Å²) in [7, 11) is 1.53. The number of phosphoric acid groups is 1. The van der Waals surface area contributed by atoms with Crippen molar-refractivity contribution in [1.82, 2.24) is 5.32 Å². The van der Waals surface area contributed by atoms with E-state index in [9.17, 15) is 19.4 Å². The second kappa shape index (κ2) is 42.3. The van der Waals surface area contributed by atoms with Crippen LogP contribution in [-0.2, 0) is 18.4 Å². The van der Waals surface area contributed by atoms with Gasteiger partial charge in [-0.3, -0.25) is 13.8 Å². The van der Waals surface area contributed by atoms with E-state index in [1.807, 2.05) is 27.2 Å². The van der Waals surface area contributed by atoms with Crippen LogP contribution in [0.5, 0.6) is 0 Å². The maximum atomic E-state index is 12.9. The number of aliphatic hydroxyl groups excluding tert-OH is 1. The molecule has 0 radical (unpaired) electrons. The van der Waals surface area contributed by atoms with Crippen LogP contribution < -0.4 is 5.32 Å². The standard InChI is InChI=1S/C51H93N2O6P/c1-6-8-10-12-14-16-18-20-22-24-25-26-27-29-31-33-35-37-39-41-43-45-51(55)52-49(48-59-60(56,57)58-47-46-53(3,4)5)50(54)44-42-40-38-36-34-32-30-28-23-21-19-17-15-13-11-9-7-2/h18,20,23-25,27-29,34,36,42,44,49-50,54H,6-17,19,21-22,26,30-33,35,37-41,43,45-48H2,1-5H3,(H-,52,55,56,57)/p+1/b20-18-,25-24-,28-23+,29-27-,36-34+,44-42+. The molecule has 0 aromatic carbocycles. The topological polar surface area (TPSA) is 105 Å². The average Bonchev–Trinajstić information content (AvgIpc) is 3.20. The van der Waals surface area contributed by atoms with E-state index < -0.39 is 20.0 Å². The molecular formula is C51H94N2O6P+. The number of allylic oxidation sites excluding steroid dienone is 11. The molecule has 60 heavy (non-hydrogen) atoms. The molecule has 3 atom stereocenters. The minimum Gasteiger partial charge on any atom is -0.387 e. The Morgan fingerprint density at radius 1 is 0.567 bits per heavy atom. The van der Waals surface area contributed by atoms with E-state index in [1.165, 1.54) is 103 Å². The van der Waals surface area contributed by atoms with Crippen molar-refractivity contribution in [2.45, 2.75) is 206 Å². The summed E-state index contributed by atoms with van der Waals surface area (Å²) < 4.78 is 23.6. The van der Waals surface area contributed by atoms with Crippen molar-refractivity contribution in [3.63, 3.8) is 0 Å². The van der Waals surface area contributed by atoms with Gasteiger partial charge in [0.1, 0.15) is 13.2 Å². The largest absolute Gasteiger partial charge is 0.472 e. The van der Waals surface area contributed by atoms with Gasteiger partial charge in [-0.1, -0.05) is 177 Å². The highest BCUT2D eigenvalue weighted by Crippen LogP contribution is 2.43. The summed E-state index contributed by atoms with van der Waals surface area (Å²) in [5.74, 6) is -0.206. The highest BCUT2D eigenvalue weighted by atomic mass is 31.2.